The summed E-state index contributed by atoms with van der Waals surface area (Å²) in [6.45, 7) is 9.72. The molecule has 0 saturated carbocycles. The van der Waals surface area contributed by atoms with Crippen LogP contribution in [-0.2, 0) is 22.3 Å². The summed E-state index contributed by atoms with van der Waals surface area (Å²) >= 11 is 0.596. The first-order valence-corrected chi connectivity index (χ1v) is 16.1. The molecular weight excluding hydrogens is 621 g/mol. The van der Waals surface area contributed by atoms with Crippen LogP contribution in [0.25, 0.3) is 22.6 Å². The highest BCUT2D eigenvalue weighted by Crippen LogP contribution is 2.43. The molecule has 2 amide bonds. The Hall–Kier alpha value is -4.14. The van der Waals surface area contributed by atoms with Gasteiger partial charge in [-0.2, -0.15) is 18.3 Å². The quantitative estimate of drug-likeness (QED) is 0.291. The highest BCUT2D eigenvalue weighted by Gasteiger charge is 2.39. The predicted octanol–water partition coefficient (Wildman–Crippen LogP) is 5.75. The first kappa shape index (κ1) is 31.8. The van der Waals surface area contributed by atoms with E-state index in [9.17, 15) is 22.8 Å². The highest BCUT2D eigenvalue weighted by atomic mass is 32.1. The van der Waals surface area contributed by atoms with Crippen LogP contribution in [0.5, 0.6) is 0 Å². The van der Waals surface area contributed by atoms with Gasteiger partial charge < -0.3 is 24.4 Å². The second-order valence-electron chi connectivity index (χ2n) is 12.9. The van der Waals surface area contributed by atoms with Crippen molar-refractivity contribution in [3.8, 4) is 11.5 Å². The number of likely N-dealkylation sites (tertiary alicyclic amines) is 1. The molecule has 0 bridgehead atoms. The number of nitrogens with one attached hydrogen (secondary N) is 1. The van der Waals surface area contributed by atoms with Crippen LogP contribution in [0.1, 0.15) is 57.0 Å². The number of para-hydroxylation sites is 2. The third kappa shape index (κ3) is 6.83. The molecular formula is C31H37F3N8O3S. The van der Waals surface area contributed by atoms with Crippen molar-refractivity contribution in [1.82, 2.24) is 34.5 Å². The molecule has 2 aliphatic heterocycles. The van der Waals surface area contributed by atoms with E-state index in [1.807, 2.05) is 57.0 Å². The summed E-state index contributed by atoms with van der Waals surface area (Å²) in [7, 11) is 0. The number of amides is 2. The summed E-state index contributed by atoms with van der Waals surface area (Å²) in [5, 5.41) is 3.87. The maximum absolute atomic E-state index is 13.8. The number of carbonyl (C=O) groups is 2. The summed E-state index contributed by atoms with van der Waals surface area (Å²) in [6.07, 6.45) is 0.337. The first-order chi connectivity index (χ1) is 21.7. The van der Waals surface area contributed by atoms with E-state index in [1.165, 1.54) is 0 Å². The number of nitrogens with zero attached hydrogens (tertiary/aromatic N) is 7. The number of anilines is 1. The molecule has 0 aliphatic carbocycles. The van der Waals surface area contributed by atoms with Crippen LogP contribution < -0.4 is 4.90 Å². The zero-order chi connectivity index (χ0) is 32.8. The number of halogens is 3. The SMILES string of the molecule is CC1CN(c2sc(C(F)(F)F)nc2-c2nc3ccccc3[nH]2)CCN1C(=O)Cn1cc(C2CCN(C(=O)OC(C)(C)C)CC2)cn1. The molecule has 1 aromatic carbocycles. The minimum absolute atomic E-state index is 0.0596. The monoisotopic (exact) mass is 658 g/mol. The lowest BCUT2D eigenvalue weighted by Crippen LogP contribution is -2.54. The maximum atomic E-state index is 13.8. The fourth-order valence-electron chi connectivity index (χ4n) is 6.01. The van der Waals surface area contributed by atoms with Gasteiger partial charge in [0, 0.05) is 45.0 Å². The fraction of sp³-hybridized carbons (Fsp3) is 0.516. The number of thiazole rings is 1. The van der Waals surface area contributed by atoms with Crippen molar-refractivity contribution in [2.45, 2.75) is 70.8 Å². The predicted molar refractivity (Wildman–Crippen MR) is 168 cm³/mol. The largest absolute Gasteiger partial charge is 0.444 e. The summed E-state index contributed by atoms with van der Waals surface area (Å²) in [5.41, 5.74) is 1.99. The van der Waals surface area contributed by atoms with Gasteiger partial charge in [0.1, 0.15) is 22.8 Å². The van der Waals surface area contributed by atoms with E-state index in [2.05, 4.69) is 20.1 Å². The van der Waals surface area contributed by atoms with E-state index in [-0.39, 0.29) is 42.0 Å². The number of alkyl halides is 3. The number of aromatic nitrogens is 5. The Balaban J connectivity index is 1.09. The lowest BCUT2D eigenvalue weighted by Gasteiger charge is -2.40. The van der Waals surface area contributed by atoms with Gasteiger partial charge in [0.05, 0.1) is 17.2 Å². The number of fused-ring (bicyclic) bond motifs is 1. The second kappa shape index (κ2) is 12.2. The molecule has 1 unspecified atom stereocenters. The van der Waals surface area contributed by atoms with E-state index in [0.717, 1.165) is 18.4 Å². The average Bonchev–Trinajstić information content (AvgIpc) is 3.74. The van der Waals surface area contributed by atoms with Gasteiger partial charge in [0.2, 0.25) is 10.9 Å². The number of rotatable bonds is 5. The average molecular weight is 659 g/mol. The van der Waals surface area contributed by atoms with E-state index in [4.69, 9.17) is 4.74 Å². The van der Waals surface area contributed by atoms with E-state index in [0.29, 0.717) is 60.1 Å². The molecule has 2 fully saturated rings. The minimum Gasteiger partial charge on any atom is -0.444 e. The number of hydrogen-bond acceptors (Lipinski definition) is 8. The fourth-order valence-corrected chi connectivity index (χ4v) is 6.98. The van der Waals surface area contributed by atoms with E-state index in [1.54, 1.807) is 26.7 Å². The molecule has 15 heteroatoms. The van der Waals surface area contributed by atoms with Crippen molar-refractivity contribution in [3.05, 3.63) is 47.2 Å². The van der Waals surface area contributed by atoms with Crippen molar-refractivity contribution in [3.63, 3.8) is 0 Å². The lowest BCUT2D eigenvalue weighted by atomic mass is 9.92. The van der Waals surface area contributed by atoms with E-state index < -0.39 is 16.8 Å². The lowest BCUT2D eigenvalue weighted by molar-refractivity contribution is -0.137. The number of benzene rings is 1. The molecule has 46 heavy (non-hydrogen) atoms. The van der Waals surface area contributed by atoms with Gasteiger partial charge in [0.15, 0.2) is 5.82 Å². The number of piperazine rings is 1. The number of imidazole rings is 1. The number of carbonyl (C=O) groups excluding carboxylic acids is 2. The van der Waals surface area contributed by atoms with Crippen LogP contribution in [0, 0.1) is 0 Å². The van der Waals surface area contributed by atoms with Crippen molar-refractivity contribution >= 4 is 39.4 Å². The Labute approximate surface area is 268 Å². The molecule has 11 nitrogen and oxygen atoms in total. The third-order valence-corrected chi connectivity index (χ3v) is 9.43. The van der Waals surface area contributed by atoms with Crippen LogP contribution in [0.2, 0.25) is 0 Å². The molecule has 5 heterocycles. The number of aromatic amines is 1. The van der Waals surface area contributed by atoms with E-state index >= 15 is 0 Å². The molecule has 4 aromatic rings. The number of ether oxygens (including phenoxy) is 1. The zero-order valence-electron chi connectivity index (χ0n) is 26.2. The van der Waals surface area contributed by atoms with Crippen molar-refractivity contribution in [2.75, 3.05) is 37.6 Å². The molecule has 2 aliphatic rings. The number of hydrogen-bond donors (Lipinski definition) is 1. The zero-order valence-corrected chi connectivity index (χ0v) is 27.0. The van der Waals surface area contributed by atoms with Gasteiger partial charge in [-0.15, -0.1) is 0 Å². The molecule has 6 rings (SSSR count). The van der Waals surface area contributed by atoms with Gasteiger partial charge >= 0.3 is 12.3 Å². The van der Waals surface area contributed by atoms with Crippen molar-refractivity contribution < 1.29 is 27.5 Å². The maximum Gasteiger partial charge on any atom is 0.443 e. The van der Waals surface area contributed by atoms with Crippen molar-refractivity contribution in [1.29, 1.82) is 0 Å². The third-order valence-electron chi connectivity index (χ3n) is 8.27. The molecule has 246 valence electrons. The van der Waals surface area contributed by atoms with Gasteiger partial charge in [-0.25, -0.2) is 14.8 Å². The Morgan fingerprint density at radius 2 is 1.80 bits per heavy atom. The summed E-state index contributed by atoms with van der Waals surface area (Å²) in [5.74, 6) is 0.394. The Bertz CT molecular complexity index is 1680. The standard InChI is InChI=1S/C31H37F3N8O3S/c1-19-16-40(27-25(38-28(46-27)31(32,33)34)26-36-22-7-5-6-8-23(22)37-26)13-14-42(19)24(43)18-41-17-21(15-35-41)20-9-11-39(12-10-20)29(44)45-30(2,3)4/h5-8,15,17,19-20H,9-14,16,18H2,1-4H3,(H,36,37). The summed E-state index contributed by atoms with van der Waals surface area (Å²) < 4.78 is 48.4. The summed E-state index contributed by atoms with van der Waals surface area (Å²) in [4.78, 5) is 42.7. The Morgan fingerprint density at radius 1 is 1.07 bits per heavy atom. The Morgan fingerprint density at radius 3 is 2.48 bits per heavy atom. The van der Waals surface area contributed by atoms with Crippen LogP contribution in [-0.4, -0.2) is 90.9 Å². The van der Waals surface area contributed by atoms with Gasteiger partial charge in [-0.1, -0.05) is 23.5 Å². The number of piperidine rings is 1. The minimum atomic E-state index is -4.59. The molecule has 2 saturated heterocycles. The van der Waals surface area contributed by atoms with Crippen LogP contribution in [0.3, 0.4) is 0 Å². The van der Waals surface area contributed by atoms with Crippen LogP contribution in [0.15, 0.2) is 36.7 Å². The van der Waals surface area contributed by atoms with Crippen LogP contribution in [0.4, 0.5) is 23.0 Å². The molecule has 0 radical (unpaired) electrons. The van der Waals surface area contributed by atoms with Gasteiger partial charge in [-0.3, -0.25) is 9.48 Å². The first-order valence-electron chi connectivity index (χ1n) is 15.3. The Kier molecular flexibility index (Phi) is 8.46. The summed E-state index contributed by atoms with van der Waals surface area (Å²) in [6, 6.07) is 6.99. The van der Waals surface area contributed by atoms with Crippen molar-refractivity contribution in [2.24, 2.45) is 0 Å². The molecule has 3 aromatic heterocycles. The smallest absolute Gasteiger partial charge is 0.443 e. The number of H-pyrrole nitrogens is 1. The molecule has 0 spiro atoms. The molecule has 1 N–H and O–H groups in total. The second-order valence-corrected chi connectivity index (χ2v) is 13.8. The topological polar surface area (TPSA) is 112 Å². The van der Waals surface area contributed by atoms with Gasteiger partial charge in [0.25, 0.3) is 0 Å². The van der Waals surface area contributed by atoms with Crippen LogP contribution >= 0.6 is 11.3 Å². The normalized spacial score (nSPS) is 18.4. The molecule has 1 atom stereocenters. The van der Waals surface area contributed by atoms with Gasteiger partial charge in [-0.05, 0) is 64.2 Å². The highest BCUT2D eigenvalue weighted by molar-refractivity contribution is 7.16.